The molecule has 0 saturated carbocycles. The van der Waals surface area contributed by atoms with E-state index < -0.39 is 0 Å². The van der Waals surface area contributed by atoms with Gasteiger partial charge in [0.15, 0.2) is 5.11 Å². The highest BCUT2D eigenvalue weighted by atomic mass is 32.1. The molecule has 0 unspecified atom stereocenters. The number of H-pyrrole nitrogens is 1. The van der Waals surface area contributed by atoms with Crippen molar-refractivity contribution in [3.05, 3.63) is 65.9 Å². The highest BCUT2D eigenvalue weighted by Gasteiger charge is 2.18. The van der Waals surface area contributed by atoms with Gasteiger partial charge in [-0.15, -0.1) is 0 Å². The zero-order chi connectivity index (χ0) is 21.3. The van der Waals surface area contributed by atoms with E-state index in [4.69, 9.17) is 17.0 Å². The molecule has 2 aromatic carbocycles. The standard InChI is InChI=1S/C23H27N3O3S/c1-28-17-11-9-16(10-12-17)19(20-15-25-21-7-4-3-6-18(20)21)14-26-23(30)24-13-5-8-22(27)29-2/h3-4,6-7,9-12,15,19,25H,5,8,13-14H2,1-2H3,(H2,24,26,30)/t19-/m1/s1. The number of carbonyl (C=O) groups is 1. The van der Waals surface area contributed by atoms with E-state index in [9.17, 15) is 4.79 Å². The number of methoxy groups -OCH3 is 2. The van der Waals surface area contributed by atoms with E-state index >= 15 is 0 Å². The lowest BCUT2D eigenvalue weighted by Gasteiger charge is -2.20. The van der Waals surface area contributed by atoms with E-state index in [0.29, 0.717) is 31.0 Å². The molecule has 0 aliphatic carbocycles. The number of benzene rings is 2. The topological polar surface area (TPSA) is 75.4 Å². The van der Waals surface area contributed by atoms with Crippen LogP contribution in [0.3, 0.4) is 0 Å². The Hall–Kier alpha value is -3.06. The van der Waals surface area contributed by atoms with Gasteiger partial charge in [0, 0.05) is 42.5 Å². The van der Waals surface area contributed by atoms with Crippen molar-refractivity contribution in [2.45, 2.75) is 18.8 Å². The van der Waals surface area contributed by atoms with E-state index in [-0.39, 0.29) is 11.9 Å². The summed E-state index contributed by atoms with van der Waals surface area (Å²) in [6.45, 7) is 1.25. The van der Waals surface area contributed by atoms with Crippen LogP contribution in [0.25, 0.3) is 10.9 Å². The number of para-hydroxylation sites is 1. The van der Waals surface area contributed by atoms with Crippen LogP contribution in [0.4, 0.5) is 0 Å². The molecule has 0 spiro atoms. The number of esters is 1. The minimum absolute atomic E-state index is 0.0990. The quantitative estimate of drug-likeness (QED) is 0.276. The fraction of sp³-hybridized carbons (Fsp3) is 0.304. The van der Waals surface area contributed by atoms with Crippen molar-refractivity contribution in [3.63, 3.8) is 0 Å². The molecule has 0 fully saturated rings. The van der Waals surface area contributed by atoms with Gasteiger partial charge in [0.05, 0.1) is 14.2 Å². The molecule has 0 saturated heterocycles. The van der Waals surface area contributed by atoms with Crippen LogP contribution in [-0.4, -0.2) is 43.4 Å². The Morgan fingerprint density at radius 2 is 1.87 bits per heavy atom. The number of fused-ring (bicyclic) bond motifs is 1. The van der Waals surface area contributed by atoms with Crippen LogP contribution in [0.5, 0.6) is 5.75 Å². The molecule has 0 aliphatic rings. The fourth-order valence-corrected chi connectivity index (χ4v) is 3.61. The molecule has 0 aliphatic heterocycles. The average molecular weight is 426 g/mol. The maximum absolute atomic E-state index is 11.2. The van der Waals surface area contributed by atoms with Gasteiger partial charge in [0.2, 0.25) is 0 Å². The first kappa shape index (κ1) is 21.6. The van der Waals surface area contributed by atoms with Gasteiger partial charge in [-0.25, -0.2) is 0 Å². The summed E-state index contributed by atoms with van der Waals surface area (Å²) < 4.78 is 9.95. The number of carbonyl (C=O) groups excluding carboxylic acids is 1. The highest BCUT2D eigenvalue weighted by molar-refractivity contribution is 7.80. The molecule has 7 heteroatoms. The Morgan fingerprint density at radius 1 is 1.10 bits per heavy atom. The Kier molecular flexibility index (Phi) is 7.68. The molecule has 1 heterocycles. The summed E-state index contributed by atoms with van der Waals surface area (Å²) in [6.07, 6.45) is 3.10. The molecule has 1 atom stereocenters. The predicted molar refractivity (Wildman–Crippen MR) is 123 cm³/mol. The summed E-state index contributed by atoms with van der Waals surface area (Å²) in [5.74, 6) is 0.712. The zero-order valence-corrected chi connectivity index (χ0v) is 18.1. The minimum atomic E-state index is -0.213. The van der Waals surface area contributed by atoms with E-state index in [2.05, 4.69) is 50.8 Å². The van der Waals surface area contributed by atoms with Crippen molar-refractivity contribution < 1.29 is 14.3 Å². The van der Waals surface area contributed by atoms with Crippen LogP contribution in [0, 0.1) is 0 Å². The molecule has 30 heavy (non-hydrogen) atoms. The second kappa shape index (κ2) is 10.6. The molecule has 0 amide bonds. The van der Waals surface area contributed by atoms with Crippen molar-refractivity contribution in [1.29, 1.82) is 0 Å². The number of hydrogen-bond donors (Lipinski definition) is 3. The van der Waals surface area contributed by atoms with Crippen LogP contribution in [0.2, 0.25) is 0 Å². The van der Waals surface area contributed by atoms with Gasteiger partial charge in [0.1, 0.15) is 5.75 Å². The summed E-state index contributed by atoms with van der Waals surface area (Å²) in [4.78, 5) is 14.6. The van der Waals surface area contributed by atoms with Gasteiger partial charge >= 0.3 is 5.97 Å². The predicted octanol–water partition coefficient (Wildman–Crippen LogP) is 3.73. The molecular weight excluding hydrogens is 398 g/mol. The number of aromatic nitrogens is 1. The van der Waals surface area contributed by atoms with Crippen molar-refractivity contribution in [2.75, 3.05) is 27.3 Å². The number of thiocarbonyl (C=S) groups is 1. The van der Waals surface area contributed by atoms with Crippen LogP contribution < -0.4 is 15.4 Å². The largest absolute Gasteiger partial charge is 0.497 e. The molecular formula is C23H27N3O3S. The van der Waals surface area contributed by atoms with Gasteiger partial charge in [0.25, 0.3) is 0 Å². The van der Waals surface area contributed by atoms with Crippen LogP contribution in [0.15, 0.2) is 54.7 Å². The van der Waals surface area contributed by atoms with Crippen LogP contribution in [-0.2, 0) is 9.53 Å². The van der Waals surface area contributed by atoms with Crippen molar-refractivity contribution >= 4 is 34.2 Å². The molecule has 3 rings (SSSR count). The first-order valence-corrected chi connectivity index (χ1v) is 10.3. The second-order valence-corrected chi connectivity index (χ2v) is 7.34. The van der Waals surface area contributed by atoms with E-state index in [1.807, 2.05) is 24.3 Å². The lowest BCUT2D eigenvalue weighted by atomic mass is 9.91. The Morgan fingerprint density at radius 3 is 2.60 bits per heavy atom. The second-order valence-electron chi connectivity index (χ2n) is 6.93. The van der Waals surface area contributed by atoms with Crippen LogP contribution >= 0.6 is 12.2 Å². The van der Waals surface area contributed by atoms with Crippen molar-refractivity contribution in [3.8, 4) is 5.75 Å². The summed E-state index contributed by atoms with van der Waals surface area (Å²) in [7, 11) is 3.06. The summed E-state index contributed by atoms with van der Waals surface area (Å²) in [5.41, 5.74) is 3.48. The average Bonchev–Trinajstić information content (AvgIpc) is 3.21. The fourth-order valence-electron chi connectivity index (χ4n) is 3.42. The smallest absolute Gasteiger partial charge is 0.305 e. The number of rotatable bonds is 9. The first-order valence-electron chi connectivity index (χ1n) is 9.91. The van der Waals surface area contributed by atoms with Gasteiger partial charge in [-0.05, 0) is 48.0 Å². The zero-order valence-electron chi connectivity index (χ0n) is 17.2. The highest BCUT2D eigenvalue weighted by Crippen LogP contribution is 2.31. The Bertz CT molecular complexity index is 985. The monoisotopic (exact) mass is 425 g/mol. The third-order valence-corrected chi connectivity index (χ3v) is 5.34. The molecule has 3 N–H and O–H groups in total. The molecule has 158 valence electrons. The summed E-state index contributed by atoms with van der Waals surface area (Å²) in [5, 5.41) is 8.24. The van der Waals surface area contributed by atoms with E-state index in [1.165, 1.54) is 23.6 Å². The van der Waals surface area contributed by atoms with Crippen molar-refractivity contribution in [1.82, 2.24) is 15.6 Å². The first-order chi connectivity index (χ1) is 14.6. The Labute approximate surface area is 182 Å². The Balaban J connectivity index is 1.70. The minimum Gasteiger partial charge on any atom is -0.497 e. The summed E-state index contributed by atoms with van der Waals surface area (Å²) in [6, 6.07) is 16.4. The number of nitrogens with one attached hydrogen (secondary N) is 3. The van der Waals surface area contributed by atoms with Gasteiger partial charge < -0.3 is 25.1 Å². The molecule has 3 aromatic rings. The van der Waals surface area contributed by atoms with Crippen molar-refractivity contribution in [2.24, 2.45) is 0 Å². The van der Waals surface area contributed by atoms with Gasteiger partial charge in [-0.1, -0.05) is 30.3 Å². The van der Waals surface area contributed by atoms with Gasteiger partial charge in [-0.3, -0.25) is 4.79 Å². The molecule has 0 radical (unpaired) electrons. The number of ether oxygens (including phenoxy) is 2. The normalized spacial score (nSPS) is 11.7. The lowest BCUT2D eigenvalue weighted by Crippen LogP contribution is -2.38. The van der Waals surface area contributed by atoms with E-state index in [1.54, 1.807) is 7.11 Å². The molecule has 0 bridgehead atoms. The van der Waals surface area contributed by atoms with Gasteiger partial charge in [-0.2, -0.15) is 0 Å². The summed E-state index contributed by atoms with van der Waals surface area (Å²) >= 11 is 5.43. The maximum atomic E-state index is 11.2. The number of aromatic amines is 1. The molecule has 6 nitrogen and oxygen atoms in total. The molecule has 1 aromatic heterocycles. The SMILES string of the molecule is COC(=O)CCCNC(=S)NC[C@H](c1ccc(OC)cc1)c1c[nH]c2ccccc12. The van der Waals surface area contributed by atoms with E-state index in [0.717, 1.165) is 11.3 Å². The number of hydrogen-bond acceptors (Lipinski definition) is 4. The van der Waals surface area contributed by atoms with Crippen LogP contribution in [0.1, 0.15) is 29.9 Å². The third-order valence-electron chi connectivity index (χ3n) is 5.05. The maximum Gasteiger partial charge on any atom is 0.305 e. The lowest BCUT2D eigenvalue weighted by molar-refractivity contribution is -0.140. The third kappa shape index (κ3) is 5.51.